The van der Waals surface area contributed by atoms with E-state index < -0.39 is 0 Å². The smallest absolute Gasteiger partial charge is 0.216 e. The summed E-state index contributed by atoms with van der Waals surface area (Å²) in [7, 11) is 3.56. The van der Waals surface area contributed by atoms with Crippen molar-refractivity contribution < 1.29 is 4.74 Å². The van der Waals surface area contributed by atoms with Gasteiger partial charge in [-0.25, -0.2) is 4.68 Å². The van der Waals surface area contributed by atoms with E-state index in [1.165, 1.54) is 5.56 Å². The van der Waals surface area contributed by atoms with Gasteiger partial charge in [-0.05, 0) is 19.4 Å². The molecule has 2 heterocycles. The highest BCUT2D eigenvalue weighted by atomic mass is 16.5. The van der Waals surface area contributed by atoms with E-state index >= 15 is 0 Å². The molecule has 0 atom stereocenters. The lowest BCUT2D eigenvalue weighted by molar-refractivity contribution is 0.367. The molecule has 6 nitrogen and oxygen atoms in total. The molecular weight excluding hydrogens is 242 g/mol. The maximum absolute atomic E-state index is 5.36. The minimum Gasteiger partial charge on any atom is -0.481 e. The van der Waals surface area contributed by atoms with Gasteiger partial charge in [-0.1, -0.05) is 0 Å². The van der Waals surface area contributed by atoms with Crippen molar-refractivity contribution in [1.82, 2.24) is 24.9 Å². The molecular formula is C13H21N5O. The van der Waals surface area contributed by atoms with Gasteiger partial charge in [-0.2, -0.15) is 10.2 Å². The predicted molar refractivity (Wildman–Crippen MR) is 73.2 cm³/mol. The average molecular weight is 263 g/mol. The molecule has 0 aliphatic rings. The van der Waals surface area contributed by atoms with Gasteiger partial charge in [-0.3, -0.25) is 4.68 Å². The van der Waals surface area contributed by atoms with Crippen LogP contribution in [0.3, 0.4) is 0 Å². The van der Waals surface area contributed by atoms with E-state index in [9.17, 15) is 0 Å². The molecule has 0 radical (unpaired) electrons. The molecule has 2 aromatic rings. The molecule has 2 rings (SSSR count). The van der Waals surface area contributed by atoms with Crippen LogP contribution in [0.4, 0.5) is 0 Å². The molecule has 0 aromatic carbocycles. The predicted octanol–water partition coefficient (Wildman–Crippen LogP) is 1.03. The molecule has 0 aliphatic carbocycles. The number of hydrogen-bond donors (Lipinski definition) is 1. The fraction of sp³-hybridized carbons (Fsp3) is 0.538. The summed E-state index contributed by atoms with van der Waals surface area (Å²) in [6.07, 6.45) is 3.91. The van der Waals surface area contributed by atoms with Crippen LogP contribution in [0.25, 0.3) is 0 Å². The molecule has 0 fully saturated rings. The van der Waals surface area contributed by atoms with Gasteiger partial charge in [-0.15, -0.1) is 0 Å². The Morgan fingerprint density at radius 1 is 1.37 bits per heavy atom. The van der Waals surface area contributed by atoms with Crippen molar-refractivity contribution in [2.75, 3.05) is 13.7 Å². The molecule has 0 aliphatic heterocycles. The Kier molecular flexibility index (Phi) is 4.21. The number of aryl methyl sites for hydroxylation is 3. The minimum atomic E-state index is 0.753. The fourth-order valence-corrected chi connectivity index (χ4v) is 2.14. The highest BCUT2D eigenvalue weighted by molar-refractivity contribution is 5.30. The third-order valence-electron chi connectivity index (χ3n) is 3.06. The molecule has 2 aromatic heterocycles. The SMILES string of the molecule is COc1c(CNCCn2cc(C)cn2)c(C)nn1C. The van der Waals surface area contributed by atoms with E-state index in [0.29, 0.717) is 0 Å². The first-order valence-electron chi connectivity index (χ1n) is 6.38. The molecule has 0 saturated carbocycles. The second kappa shape index (κ2) is 5.88. The van der Waals surface area contributed by atoms with E-state index in [4.69, 9.17) is 4.74 Å². The van der Waals surface area contributed by atoms with Gasteiger partial charge in [0.25, 0.3) is 0 Å². The standard InChI is InChI=1S/C13H21N5O/c1-10-7-15-18(9-10)6-5-14-8-12-11(2)16-17(3)13(12)19-4/h7,9,14H,5-6,8H2,1-4H3. The minimum absolute atomic E-state index is 0.753. The van der Waals surface area contributed by atoms with Crippen molar-refractivity contribution in [2.24, 2.45) is 7.05 Å². The normalized spacial score (nSPS) is 10.9. The maximum Gasteiger partial charge on any atom is 0.216 e. The first-order valence-corrected chi connectivity index (χ1v) is 6.38. The van der Waals surface area contributed by atoms with Crippen LogP contribution in [0.5, 0.6) is 5.88 Å². The highest BCUT2D eigenvalue weighted by Gasteiger charge is 2.12. The van der Waals surface area contributed by atoms with Crippen LogP contribution in [0.15, 0.2) is 12.4 Å². The lowest BCUT2D eigenvalue weighted by Gasteiger charge is -2.07. The summed E-state index contributed by atoms with van der Waals surface area (Å²) < 4.78 is 9.07. The Bertz CT molecular complexity index is 543. The number of nitrogens with one attached hydrogen (secondary N) is 1. The molecule has 104 valence electrons. The lowest BCUT2D eigenvalue weighted by atomic mass is 10.2. The van der Waals surface area contributed by atoms with Gasteiger partial charge in [0.15, 0.2) is 0 Å². The second-order valence-corrected chi connectivity index (χ2v) is 4.65. The number of methoxy groups -OCH3 is 1. The fourth-order valence-electron chi connectivity index (χ4n) is 2.14. The number of hydrogen-bond acceptors (Lipinski definition) is 4. The van der Waals surface area contributed by atoms with Gasteiger partial charge in [0.05, 0.1) is 31.1 Å². The molecule has 0 unspecified atom stereocenters. The van der Waals surface area contributed by atoms with Crippen LogP contribution >= 0.6 is 0 Å². The van der Waals surface area contributed by atoms with Gasteiger partial charge in [0.1, 0.15) is 0 Å². The Morgan fingerprint density at radius 3 is 2.79 bits per heavy atom. The molecule has 0 spiro atoms. The Morgan fingerprint density at radius 2 is 2.16 bits per heavy atom. The Balaban J connectivity index is 1.86. The zero-order valence-corrected chi connectivity index (χ0v) is 12.0. The number of ether oxygens (including phenoxy) is 1. The summed E-state index contributed by atoms with van der Waals surface area (Å²) in [5, 5.41) is 12.0. The molecule has 0 saturated heterocycles. The van der Waals surface area contributed by atoms with Crippen LogP contribution in [-0.4, -0.2) is 33.2 Å². The third-order valence-corrected chi connectivity index (χ3v) is 3.06. The maximum atomic E-state index is 5.36. The first-order chi connectivity index (χ1) is 9.11. The molecule has 1 N–H and O–H groups in total. The van der Waals surface area contributed by atoms with Crippen LogP contribution in [0.1, 0.15) is 16.8 Å². The van der Waals surface area contributed by atoms with Gasteiger partial charge >= 0.3 is 0 Å². The van der Waals surface area contributed by atoms with Gasteiger partial charge in [0.2, 0.25) is 5.88 Å². The van der Waals surface area contributed by atoms with Crippen molar-refractivity contribution in [3.8, 4) is 5.88 Å². The number of nitrogens with zero attached hydrogens (tertiary/aromatic N) is 4. The molecule has 6 heteroatoms. The zero-order chi connectivity index (χ0) is 13.8. The van der Waals surface area contributed by atoms with Crippen molar-refractivity contribution in [2.45, 2.75) is 26.9 Å². The first kappa shape index (κ1) is 13.6. The lowest BCUT2D eigenvalue weighted by Crippen LogP contribution is -2.20. The Labute approximate surface area is 113 Å². The zero-order valence-electron chi connectivity index (χ0n) is 12.0. The van der Waals surface area contributed by atoms with Crippen molar-refractivity contribution in [3.05, 3.63) is 29.2 Å². The van der Waals surface area contributed by atoms with E-state index in [2.05, 4.69) is 15.5 Å². The second-order valence-electron chi connectivity index (χ2n) is 4.65. The third kappa shape index (κ3) is 3.14. The van der Waals surface area contributed by atoms with E-state index in [0.717, 1.165) is 36.8 Å². The largest absolute Gasteiger partial charge is 0.481 e. The summed E-state index contributed by atoms with van der Waals surface area (Å²) in [5.74, 6) is 0.819. The highest BCUT2D eigenvalue weighted by Crippen LogP contribution is 2.20. The van der Waals surface area contributed by atoms with Crippen molar-refractivity contribution >= 4 is 0 Å². The summed E-state index contributed by atoms with van der Waals surface area (Å²) in [5.41, 5.74) is 3.30. The summed E-state index contributed by atoms with van der Waals surface area (Å²) in [6.45, 7) is 6.51. The topological polar surface area (TPSA) is 56.9 Å². The average Bonchev–Trinajstić information content (AvgIpc) is 2.89. The van der Waals surface area contributed by atoms with E-state index in [1.54, 1.807) is 11.8 Å². The molecule has 0 amide bonds. The monoisotopic (exact) mass is 263 g/mol. The summed E-state index contributed by atoms with van der Waals surface area (Å²) >= 11 is 0. The van der Waals surface area contributed by atoms with Crippen molar-refractivity contribution in [1.29, 1.82) is 0 Å². The van der Waals surface area contributed by atoms with Gasteiger partial charge < -0.3 is 10.1 Å². The Hall–Kier alpha value is -1.82. The number of aromatic nitrogens is 4. The van der Waals surface area contributed by atoms with Crippen LogP contribution in [0, 0.1) is 13.8 Å². The quantitative estimate of drug-likeness (QED) is 0.791. The van der Waals surface area contributed by atoms with Crippen molar-refractivity contribution in [3.63, 3.8) is 0 Å². The molecule has 0 bridgehead atoms. The van der Waals surface area contributed by atoms with E-state index in [1.807, 2.05) is 38.0 Å². The van der Waals surface area contributed by atoms with Crippen LogP contribution < -0.4 is 10.1 Å². The summed E-state index contributed by atoms with van der Waals surface area (Å²) in [6, 6.07) is 0. The van der Waals surface area contributed by atoms with Gasteiger partial charge in [0, 0.05) is 26.3 Å². The van der Waals surface area contributed by atoms with E-state index in [-0.39, 0.29) is 0 Å². The van der Waals surface area contributed by atoms with Crippen LogP contribution in [-0.2, 0) is 20.1 Å². The number of rotatable bonds is 6. The molecule has 19 heavy (non-hydrogen) atoms. The van der Waals surface area contributed by atoms with Crippen LogP contribution in [0.2, 0.25) is 0 Å². The summed E-state index contributed by atoms with van der Waals surface area (Å²) in [4.78, 5) is 0.